The Labute approximate surface area is 184 Å². The summed E-state index contributed by atoms with van der Waals surface area (Å²) in [5, 5.41) is 3.35. The first-order valence-corrected chi connectivity index (χ1v) is 11.0. The van der Waals surface area contributed by atoms with Crippen molar-refractivity contribution in [2.75, 3.05) is 79.2 Å². The van der Waals surface area contributed by atoms with Crippen molar-refractivity contribution < 1.29 is 18.7 Å². The minimum atomic E-state index is -0.264. The number of hydrogen-bond donors (Lipinski definition) is 1. The maximum Gasteiger partial charge on any atom is 0.236 e. The average molecular weight is 436 g/mol. The molecule has 8 nitrogen and oxygen atoms in total. The van der Waals surface area contributed by atoms with E-state index in [4.69, 9.17) is 14.5 Å². The van der Waals surface area contributed by atoms with E-state index in [1.165, 1.54) is 12.1 Å². The number of amides is 1. The van der Waals surface area contributed by atoms with E-state index in [2.05, 4.69) is 15.1 Å². The lowest BCUT2D eigenvalue weighted by atomic mass is 10.1. The van der Waals surface area contributed by atoms with Crippen molar-refractivity contribution in [3.63, 3.8) is 0 Å². The topological polar surface area (TPSA) is 69.6 Å². The number of nitrogens with zero attached hydrogens (tertiary/aromatic N) is 4. The molecule has 3 rings (SSSR count). The van der Waals surface area contributed by atoms with Crippen LogP contribution < -0.4 is 5.32 Å². The van der Waals surface area contributed by atoms with Crippen molar-refractivity contribution in [3.8, 4) is 0 Å². The number of benzene rings is 1. The second-order valence-corrected chi connectivity index (χ2v) is 7.73. The van der Waals surface area contributed by atoms with Gasteiger partial charge in [0.05, 0.1) is 26.3 Å². The lowest BCUT2D eigenvalue weighted by Crippen LogP contribution is -2.55. The summed E-state index contributed by atoms with van der Waals surface area (Å²) in [6, 6.07) is 6.34. The van der Waals surface area contributed by atoms with Gasteiger partial charge in [0.1, 0.15) is 11.9 Å². The van der Waals surface area contributed by atoms with E-state index in [0.717, 1.165) is 44.2 Å². The minimum Gasteiger partial charge on any atom is -0.378 e. The molecule has 2 fully saturated rings. The van der Waals surface area contributed by atoms with Crippen LogP contribution in [0.15, 0.2) is 29.3 Å². The Kier molecular flexibility index (Phi) is 9.05. The lowest BCUT2D eigenvalue weighted by Gasteiger charge is -2.37. The molecule has 1 N–H and O–H groups in total. The van der Waals surface area contributed by atoms with Gasteiger partial charge in [0.15, 0.2) is 5.96 Å². The van der Waals surface area contributed by atoms with Crippen LogP contribution >= 0.6 is 0 Å². The highest BCUT2D eigenvalue weighted by Crippen LogP contribution is 2.17. The SMILES string of the molecule is CCNC(=NCC(OC)c1ccc(F)cc1)N1CCN(CC(=O)N2CCOCC2)CC1. The van der Waals surface area contributed by atoms with Crippen molar-refractivity contribution >= 4 is 11.9 Å². The normalized spacial score (nSPS) is 19.4. The summed E-state index contributed by atoms with van der Waals surface area (Å²) in [6.07, 6.45) is -0.235. The third-order valence-electron chi connectivity index (χ3n) is 5.66. The number of halogens is 1. The third-order valence-corrected chi connectivity index (χ3v) is 5.66. The van der Waals surface area contributed by atoms with Gasteiger partial charge in [-0.1, -0.05) is 12.1 Å². The number of piperazine rings is 1. The fourth-order valence-corrected chi connectivity index (χ4v) is 3.81. The van der Waals surface area contributed by atoms with E-state index in [-0.39, 0.29) is 17.8 Å². The first-order valence-electron chi connectivity index (χ1n) is 11.0. The maximum atomic E-state index is 13.2. The number of guanidine groups is 1. The summed E-state index contributed by atoms with van der Waals surface area (Å²) in [5.41, 5.74) is 0.898. The van der Waals surface area contributed by atoms with Gasteiger partial charge in [0.2, 0.25) is 5.91 Å². The van der Waals surface area contributed by atoms with Crippen LogP contribution in [0.5, 0.6) is 0 Å². The molecule has 1 aromatic rings. The summed E-state index contributed by atoms with van der Waals surface area (Å²) in [7, 11) is 1.64. The van der Waals surface area contributed by atoms with Crippen molar-refractivity contribution in [1.29, 1.82) is 0 Å². The molecule has 172 valence electrons. The van der Waals surface area contributed by atoms with Gasteiger partial charge in [0.25, 0.3) is 0 Å². The fraction of sp³-hybridized carbons (Fsp3) is 0.636. The largest absolute Gasteiger partial charge is 0.378 e. The lowest BCUT2D eigenvalue weighted by molar-refractivity contribution is -0.136. The van der Waals surface area contributed by atoms with Gasteiger partial charge in [-0.05, 0) is 24.6 Å². The molecule has 2 aliphatic rings. The Balaban J connectivity index is 1.53. The molecule has 9 heteroatoms. The van der Waals surface area contributed by atoms with Crippen LogP contribution in [-0.2, 0) is 14.3 Å². The van der Waals surface area contributed by atoms with Crippen LogP contribution in [-0.4, -0.2) is 106 Å². The second-order valence-electron chi connectivity index (χ2n) is 7.73. The predicted octanol–water partition coefficient (Wildman–Crippen LogP) is 0.955. The van der Waals surface area contributed by atoms with E-state index in [9.17, 15) is 9.18 Å². The third kappa shape index (κ3) is 6.88. The smallest absolute Gasteiger partial charge is 0.236 e. The van der Waals surface area contributed by atoms with Crippen LogP contribution in [0.3, 0.4) is 0 Å². The zero-order valence-corrected chi connectivity index (χ0v) is 18.6. The summed E-state index contributed by atoms with van der Waals surface area (Å²) in [6.45, 7) is 9.56. The maximum absolute atomic E-state index is 13.2. The molecule has 1 amide bonds. The summed E-state index contributed by atoms with van der Waals surface area (Å²) < 4.78 is 24.1. The number of aliphatic imine (C=N–C) groups is 1. The van der Waals surface area contributed by atoms with Crippen LogP contribution in [0.25, 0.3) is 0 Å². The molecule has 0 saturated carbocycles. The molecule has 0 aromatic heterocycles. The molecule has 0 aliphatic carbocycles. The molecule has 0 spiro atoms. The number of methoxy groups -OCH3 is 1. The summed E-state index contributed by atoms with van der Waals surface area (Å²) >= 11 is 0. The van der Waals surface area contributed by atoms with E-state index in [1.54, 1.807) is 19.2 Å². The zero-order chi connectivity index (χ0) is 22.1. The zero-order valence-electron chi connectivity index (χ0n) is 18.6. The summed E-state index contributed by atoms with van der Waals surface area (Å²) in [4.78, 5) is 23.6. The van der Waals surface area contributed by atoms with Gasteiger partial charge in [-0.3, -0.25) is 14.7 Å². The Morgan fingerprint density at radius 3 is 2.42 bits per heavy atom. The minimum absolute atomic E-state index is 0.180. The van der Waals surface area contributed by atoms with Crippen LogP contribution in [0.2, 0.25) is 0 Å². The first kappa shape index (κ1) is 23.4. The van der Waals surface area contributed by atoms with Gasteiger partial charge in [0, 0.05) is 52.9 Å². The summed E-state index contributed by atoms with van der Waals surface area (Å²) in [5.74, 6) is 0.755. The fourth-order valence-electron chi connectivity index (χ4n) is 3.81. The molecular formula is C22H34FN5O3. The van der Waals surface area contributed by atoms with Crippen molar-refractivity contribution in [2.24, 2.45) is 4.99 Å². The molecule has 2 saturated heterocycles. The number of hydrogen-bond acceptors (Lipinski definition) is 5. The Hall–Kier alpha value is -2.23. The highest BCUT2D eigenvalue weighted by Gasteiger charge is 2.24. The molecule has 1 unspecified atom stereocenters. The van der Waals surface area contributed by atoms with Crippen LogP contribution in [0.4, 0.5) is 4.39 Å². The van der Waals surface area contributed by atoms with E-state index < -0.39 is 0 Å². The van der Waals surface area contributed by atoms with Crippen LogP contribution in [0.1, 0.15) is 18.6 Å². The number of morpholine rings is 1. The number of rotatable bonds is 7. The molecule has 2 aliphatic heterocycles. The van der Waals surface area contributed by atoms with Gasteiger partial charge < -0.3 is 24.6 Å². The average Bonchev–Trinajstić information content (AvgIpc) is 2.81. The standard InChI is InChI=1S/C22H34FN5O3/c1-3-24-22(25-16-20(30-2)18-4-6-19(23)7-5-18)28-10-8-26(9-11-28)17-21(29)27-12-14-31-15-13-27/h4-7,20H,3,8-17H2,1-2H3,(H,24,25). The van der Waals surface area contributed by atoms with E-state index >= 15 is 0 Å². The molecule has 0 bridgehead atoms. The molecule has 2 heterocycles. The first-order chi connectivity index (χ1) is 15.1. The Morgan fingerprint density at radius 2 is 1.81 bits per heavy atom. The predicted molar refractivity (Wildman–Crippen MR) is 118 cm³/mol. The Bertz CT molecular complexity index is 716. The van der Waals surface area contributed by atoms with Crippen LogP contribution in [0, 0.1) is 5.82 Å². The number of ether oxygens (including phenoxy) is 2. The highest BCUT2D eigenvalue weighted by atomic mass is 19.1. The van der Waals surface area contributed by atoms with Gasteiger partial charge in [-0.25, -0.2) is 4.39 Å². The van der Waals surface area contributed by atoms with Crippen molar-refractivity contribution in [2.45, 2.75) is 13.0 Å². The molecule has 31 heavy (non-hydrogen) atoms. The molecule has 0 radical (unpaired) electrons. The van der Waals surface area contributed by atoms with E-state index in [1.807, 2.05) is 11.8 Å². The van der Waals surface area contributed by atoms with Gasteiger partial charge in [-0.15, -0.1) is 0 Å². The van der Waals surface area contributed by atoms with Gasteiger partial charge >= 0.3 is 0 Å². The Morgan fingerprint density at radius 1 is 1.13 bits per heavy atom. The number of nitrogens with one attached hydrogen (secondary N) is 1. The van der Waals surface area contributed by atoms with E-state index in [0.29, 0.717) is 39.4 Å². The monoisotopic (exact) mass is 435 g/mol. The van der Waals surface area contributed by atoms with Crippen molar-refractivity contribution in [1.82, 2.24) is 20.0 Å². The highest BCUT2D eigenvalue weighted by molar-refractivity contribution is 5.80. The molecule has 1 atom stereocenters. The number of carbonyl (C=O) groups is 1. The molecular weight excluding hydrogens is 401 g/mol. The quantitative estimate of drug-likeness (QED) is 0.508. The number of carbonyl (C=O) groups excluding carboxylic acids is 1. The van der Waals surface area contributed by atoms with Crippen molar-refractivity contribution in [3.05, 3.63) is 35.6 Å². The molecule has 1 aromatic carbocycles. The second kappa shape index (κ2) is 12.0. The van der Waals surface area contributed by atoms with Gasteiger partial charge in [-0.2, -0.15) is 0 Å².